The third-order valence-electron chi connectivity index (χ3n) is 4.85. The van der Waals surface area contributed by atoms with Crippen LogP contribution in [0.5, 0.6) is 0 Å². The number of ether oxygens (including phenoxy) is 1. The van der Waals surface area contributed by atoms with Gasteiger partial charge in [0.2, 0.25) is 0 Å². The van der Waals surface area contributed by atoms with E-state index in [4.69, 9.17) is 4.74 Å². The lowest BCUT2D eigenvalue weighted by Gasteiger charge is -2.27. The van der Waals surface area contributed by atoms with Crippen molar-refractivity contribution in [1.82, 2.24) is 5.32 Å². The molecule has 0 radical (unpaired) electrons. The highest BCUT2D eigenvalue weighted by molar-refractivity contribution is 5.26. The fraction of sp³-hybridized carbons (Fsp3) is 0.684. The van der Waals surface area contributed by atoms with Gasteiger partial charge in [-0.05, 0) is 63.5 Å². The van der Waals surface area contributed by atoms with Crippen molar-refractivity contribution in [2.75, 3.05) is 13.7 Å². The van der Waals surface area contributed by atoms with Gasteiger partial charge in [-0.25, -0.2) is 0 Å². The van der Waals surface area contributed by atoms with Crippen LogP contribution in [0.25, 0.3) is 0 Å². The molecular formula is C19H31NO. The van der Waals surface area contributed by atoms with Crippen LogP contribution in [0.3, 0.4) is 0 Å². The van der Waals surface area contributed by atoms with Gasteiger partial charge < -0.3 is 10.1 Å². The minimum Gasteiger partial charge on any atom is -0.379 e. The van der Waals surface area contributed by atoms with Crippen molar-refractivity contribution >= 4 is 0 Å². The number of nitrogens with one attached hydrogen (secondary N) is 1. The number of methoxy groups -OCH3 is 1. The topological polar surface area (TPSA) is 21.3 Å². The van der Waals surface area contributed by atoms with Gasteiger partial charge in [0.25, 0.3) is 0 Å². The van der Waals surface area contributed by atoms with E-state index < -0.39 is 0 Å². The maximum absolute atomic E-state index is 5.58. The standard InChI is InChI=1S/C19H31NO/c1-5-13-20-18(11-12-19(2,3)21-4)17-14-16(17)15-9-7-6-8-10-15/h6-10,16-18,20H,5,11-14H2,1-4H3. The van der Waals surface area contributed by atoms with Gasteiger partial charge in [0.05, 0.1) is 5.60 Å². The molecule has 1 N–H and O–H groups in total. The van der Waals surface area contributed by atoms with Crippen LogP contribution in [0.2, 0.25) is 0 Å². The zero-order valence-electron chi connectivity index (χ0n) is 14.1. The predicted octanol–water partition coefficient (Wildman–Crippen LogP) is 4.36. The zero-order valence-corrected chi connectivity index (χ0v) is 14.1. The lowest BCUT2D eigenvalue weighted by molar-refractivity contribution is 0.0111. The molecular weight excluding hydrogens is 258 g/mol. The van der Waals surface area contributed by atoms with E-state index in [9.17, 15) is 0 Å². The first kappa shape index (κ1) is 16.5. The molecule has 1 saturated carbocycles. The summed E-state index contributed by atoms with van der Waals surface area (Å²) in [6.07, 6.45) is 4.85. The third-order valence-corrected chi connectivity index (χ3v) is 4.85. The average Bonchev–Trinajstić information content (AvgIpc) is 3.29. The summed E-state index contributed by atoms with van der Waals surface area (Å²) >= 11 is 0. The van der Waals surface area contributed by atoms with Crippen LogP contribution in [-0.2, 0) is 4.74 Å². The molecule has 1 fully saturated rings. The molecule has 21 heavy (non-hydrogen) atoms. The molecule has 2 nitrogen and oxygen atoms in total. The molecule has 0 spiro atoms. The molecule has 118 valence electrons. The predicted molar refractivity (Wildman–Crippen MR) is 89.7 cm³/mol. The molecule has 0 aromatic heterocycles. The highest BCUT2D eigenvalue weighted by Gasteiger charge is 2.43. The number of hydrogen-bond donors (Lipinski definition) is 1. The summed E-state index contributed by atoms with van der Waals surface area (Å²) in [4.78, 5) is 0. The second kappa shape index (κ2) is 7.42. The highest BCUT2D eigenvalue weighted by atomic mass is 16.5. The molecule has 0 amide bonds. The minimum atomic E-state index is -0.0106. The van der Waals surface area contributed by atoms with E-state index in [2.05, 4.69) is 56.4 Å². The Morgan fingerprint density at radius 1 is 1.29 bits per heavy atom. The Balaban J connectivity index is 1.91. The Hall–Kier alpha value is -0.860. The van der Waals surface area contributed by atoms with Gasteiger partial charge in [-0.1, -0.05) is 37.3 Å². The monoisotopic (exact) mass is 289 g/mol. The summed E-state index contributed by atoms with van der Waals surface area (Å²) in [6, 6.07) is 11.6. The summed E-state index contributed by atoms with van der Waals surface area (Å²) in [7, 11) is 1.82. The maximum atomic E-state index is 5.58. The van der Waals surface area contributed by atoms with Gasteiger partial charge in [0.15, 0.2) is 0 Å². The molecule has 3 unspecified atom stereocenters. The second-order valence-corrected chi connectivity index (χ2v) is 6.98. The van der Waals surface area contributed by atoms with Crippen LogP contribution in [-0.4, -0.2) is 25.3 Å². The SMILES string of the molecule is CCCNC(CCC(C)(C)OC)C1CC1c1ccccc1. The van der Waals surface area contributed by atoms with Crippen molar-refractivity contribution < 1.29 is 4.74 Å². The quantitative estimate of drug-likeness (QED) is 0.729. The van der Waals surface area contributed by atoms with Crippen LogP contribution < -0.4 is 5.32 Å². The fourth-order valence-electron chi connectivity index (χ4n) is 3.15. The zero-order chi connectivity index (χ0) is 15.3. The third kappa shape index (κ3) is 4.82. The van der Waals surface area contributed by atoms with Gasteiger partial charge in [-0.15, -0.1) is 0 Å². The van der Waals surface area contributed by atoms with E-state index in [0.29, 0.717) is 6.04 Å². The van der Waals surface area contributed by atoms with E-state index in [0.717, 1.165) is 24.8 Å². The fourth-order valence-corrected chi connectivity index (χ4v) is 3.15. The molecule has 1 aliphatic carbocycles. The first-order valence-corrected chi connectivity index (χ1v) is 8.41. The van der Waals surface area contributed by atoms with Gasteiger partial charge >= 0.3 is 0 Å². The molecule has 2 heteroatoms. The lowest BCUT2D eigenvalue weighted by atomic mass is 9.95. The van der Waals surface area contributed by atoms with Crippen LogP contribution in [0, 0.1) is 5.92 Å². The largest absolute Gasteiger partial charge is 0.379 e. The van der Waals surface area contributed by atoms with E-state index >= 15 is 0 Å². The van der Waals surface area contributed by atoms with Crippen molar-refractivity contribution in [2.45, 2.75) is 64.0 Å². The molecule has 2 rings (SSSR count). The van der Waals surface area contributed by atoms with Crippen LogP contribution in [0.4, 0.5) is 0 Å². The van der Waals surface area contributed by atoms with Crippen molar-refractivity contribution in [3.63, 3.8) is 0 Å². The Labute approximate surface area is 130 Å². The Bertz CT molecular complexity index is 415. The molecule has 0 aliphatic heterocycles. The van der Waals surface area contributed by atoms with Crippen LogP contribution >= 0.6 is 0 Å². The summed E-state index contributed by atoms with van der Waals surface area (Å²) in [5.41, 5.74) is 1.50. The summed E-state index contributed by atoms with van der Waals surface area (Å²) in [5, 5.41) is 3.77. The van der Waals surface area contributed by atoms with Crippen molar-refractivity contribution in [2.24, 2.45) is 5.92 Å². The minimum absolute atomic E-state index is 0.0106. The van der Waals surface area contributed by atoms with Crippen molar-refractivity contribution in [3.8, 4) is 0 Å². The number of benzene rings is 1. The van der Waals surface area contributed by atoms with Gasteiger partial charge in [-0.2, -0.15) is 0 Å². The molecule has 0 bridgehead atoms. The first-order valence-electron chi connectivity index (χ1n) is 8.41. The molecule has 0 heterocycles. The number of rotatable bonds is 9. The van der Waals surface area contributed by atoms with Crippen LogP contribution in [0.15, 0.2) is 30.3 Å². The molecule has 1 aromatic carbocycles. The van der Waals surface area contributed by atoms with Gasteiger partial charge in [-0.3, -0.25) is 0 Å². The maximum Gasteiger partial charge on any atom is 0.0623 e. The molecule has 1 aliphatic rings. The average molecular weight is 289 g/mol. The Morgan fingerprint density at radius 2 is 2.00 bits per heavy atom. The Kier molecular flexibility index (Phi) is 5.83. The second-order valence-electron chi connectivity index (χ2n) is 6.98. The Morgan fingerprint density at radius 3 is 2.62 bits per heavy atom. The summed E-state index contributed by atoms with van der Waals surface area (Å²) in [6.45, 7) is 7.73. The molecule has 0 saturated heterocycles. The molecule has 1 aromatic rings. The van der Waals surface area contributed by atoms with Crippen molar-refractivity contribution in [3.05, 3.63) is 35.9 Å². The van der Waals surface area contributed by atoms with Crippen LogP contribution in [0.1, 0.15) is 57.9 Å². The smallest absolute Gasteiger partial charge is 0.0623 e. The number of hydrogen-bond acceptors (Lipinski definition) is 2. The van der Waals surface area contributed by atoms with Crippen molar-refractivity contribution in [1.29, 1.82) is 0 Å². The van der Waals surface area contributed by atoms with E-state index in [1.807, 2.05) is 7.11 Å². The normalized spacial score (nSPS) is 23.0. The summed E-state index contributed by atoms with van der Waals surface area (Å²) in [5.74, 6) is 1.55. The lowest BCUT2D eigenvalue weighted by Crippen LogP contribution is -2.35. The van der Waals surface area contributed by atoms with E-state index in [-0.39, 0.29) is 5.60 Å². The highest BCUT2D eigenvalue weighted by Crippen LogP contribution is 2.50. The van der Waals surface area contributed by atoms with Gasteiger partial charge in [0.1, 0.15) is 0 Å². The summed E-state index contributed by atoms with van der Waals surface area (Å²) < 4.78 is 5.58. The van der Waals surface area contributed by atoms with E-state index in [1.54, 1.807) is 0 Å². The molecule has 3 atom stereocenters. The van der Waals surface area contributed by atoms with E-state index in [1.165, 1.54) is 24.8 Å². The first-order chi connectivity index (χ1) is 10.1. The van der Waals surface area contributed by atoms with Gasteiger partial charge in [0, 0.05) is 13.2 Å².